The number of hydrogen-bond donors (Lipinski definition) is 1. The van der Waals surface area contributed by atoms with Gasteiger partial charge in [-0.05, 0) is 43.2 Å². The van der Waals surface area contributed by atoms with E-state index in [4.69, 9.17) is 5.16 Å². The van der Waals surface area contributed by atoms with E-state index in [0.717, 1.165) is 32.6 Å². The van der Waals surface area contributed by atoms with E-state index in [0.29, 0.717) is 0 Å². The van der Waals surface area contributed by atoms with Gasteiger partial charge in [0.1, 0.15) is 11.0 Å². The van der Waals surface area contributed by atoms with Crippen molar-refractivity contribution in [2.45, 2.75) is 0 Å². The fourth-order valence-corrected chi connectivity index (χ4v) is 4.22. The molecule has 4 aromatic carbocycles. The van der Waals surface area contributed by atoms with Crippen molar-refractivity contribution in [3.63, 3.8) is 0 Å². The molecule has 0 radical (unpaired) electrons. The Morgan fingerprint density at radius 2 is 1.04 bits per heavy atom. The van der Waals surface area contributed by atoms with Gasteiger partial charge < -0.3 is 0 Å². The number of fused-ring (bicyclic) bond motifs is 7. The lowest BCUT2D eigenvalue weighted by Crippen LogP contribution is -1.81. The fraction of sp³-hybridized carbons (Fsp3) is 0. The largest absolute Gasteiger partial charge is 0.504 e. The Balaban J connectivity index is 0.00000157. The van der Waals surface area contributed by atoms with Crippen molar-refractivity contribution in [2.75, 3.05) is 0 Å². The van der Waals surface area contributed by atoms with Gasteiger partial charge in [0, 0.05) is 10.8 Å². The average Bonchev–Trinajstić information content (AvgIpc) is 2.77. The summed E-state index contributed by atoms with van der Waals surface area (Å²) >= 11 is 0. The molecular formula is C20H14ClN3P+. The molecule has 0 fully saturated rings. The minimum atomic E-state index is -1.50. The molecule has 5 aromatic rings. The number of halogens is 1. The molecule has 0 unspecified atom stereocenters. The molecule has 0 spiro atoms. The van der Waals surface area contributed by atoms with Crippen molar-refractivity contribution in [1.82, 2.24) is 9.49 Å². The molecule has 1 heterocycles. The van der Waals surface area contributed by atoms with E-state index >= 15 is 0 Å². The maximum Gasteiger partial charge on any atom is 0.504 e. The molecule has 1 aromatic heterocycles. The third-order valence-electron chi connectivity index (χ3n) is 4.47. The molecule has 120 valence electrons. The van der Waals surface area contributed by atoms with Crippen LogP contribution in [0.2, 0.25) is 0 Å². The maximum atomic E-state index is 8.22. The Kier molecular flexibility index (Phi) is 3.84. The highest BCUT2D eigenvalue weighted by Crippen LogP contribution is 2.35. The smallest absolute Gasteiger partial charge is 0.147 e. The van der Waals surface area contributed by atoms with Gasteiger partial charge in [0.2, 0.25) is 0 Å². The highest BCUT2D eigenvalue weighted by atomic mass is 35.5. The lowest BCUT2D eigenvalue weighted by Gasteiger charge is -2.05. The SMILES string of the molecule is Cl.N=[p+]1nc2ccc3ccccc3c2c2c(ccc3ccccc32)n1. The summed E-state index contributed by atoms with van der Waals surface area (Å²) in [6.07, 6.45) is 0. The van der Waals surface area contributed by atoms with E-state index in [2.05, 4.69) is 58.0 Å². The maximum absolute atomic E-state index is 8.22. The molecule has 1 N–H and O–H groups in total. The summed E-state index contributed by atoms with van der Waals surface area (Å²) in [5, 5.41) is 15.1. The topological polar surface area (TPSA) is 49.6 Å². The second kappa shape index (κ2) is 6.03. The minimum absolute atomic E-state index is 0. The van der Waals surface area contributed by atoms with Gasteiger partial charge in [0.15, 0.2) is 0 Å². The number of nitrogens with zero attached hydrogens (tertiary/aromatic N) is 2. The molecule has 0 aliphatic carbocycles. The van der Waals surface area contributed by atoms with Crippen LogP contribution in [-0.2, 0) is 0 Å². The predicted octanol–water partition coefficient (Wildman–Crippen LogP) is 6.67. The first-order chi connectivity index (χ1) is 11.8. The van der Waals surface area contributed by atoms with E-state index in [1.54, 1.807) is 0 Å². The van der Waals surface area contributed by atoms with Crippen molar-refractivity contribution < 1.29 is 0 Å². The van der Waals surface area contributed by atoms with Crippen LogP contribution in [0.5, 0.6) is 0 Å². The molecule has 5 rings (SSSR count). The van der Waals surface area contributed by atoms with Crippen LogP contribution in [0.3, 0.4) is 0 Å². The van der Waals surface area contributed by atoms with Crippen molar-refractivity contribution in [2.24, 2.45) is 0 Å². The fourth-order valence-electron chi connectivity index (χ4n) is 3.44. The van der Waals surface area contributed by atoms with Crippen molar-refractivity contribution in [3.05, 3.63) is 72.8 Å². The first-order valence-corrected chi connectivity index (χ1v) is 9.04. The number of nitrogens with one attached hydrogen (secondary N) is 1. The Hall–Kier alpha value is -2.61. The molecule has 0 aliphatic heterocycles. The molecule has 0 saturated carbocycles. The van der Waals surface area contributed by atoms with Crippen LogP contribution in [-0.4, -0.2) is 9.49 Å². The minimum Gasteiger partial charge on any atom is -0.147 e. The molecule has 3 nitrogen and oxygen atoms in total. The van der Waals surface area contributed by atoms with Crippen molar-refractivity contribution >= 4 is 63.4 Å². The van der Waals surface area contributed by atoms with E-state index in [9.17, 15) is 0 Å². The second-order valence-corrected chi connectivity index (χ2v) is 6.83. The average molecular weight is 363 g/mol. The van der Waals surface area contributed by atoms with Gasteiger partial charge in [-0.25, -0.2) is 0 Å². The van der Waals surface area contributed by atoms with Crippen LogP contribution in [0.4, 0.5) is 0 Å². The lowest BCUT2D eigenvalue weighted by molar-refractivity contribution is 1.51. The zero-order chi connectivity index (χ0) is 16.1. The number of aromatic nitrogens is 2. The molecule has 25 heavy (non-hydrogen) atoms. The number of rotatable bonds is 0. The molecule has 0 bridgehead atoms. The summed E-state index contributed by atoms with van der Waals surface area (Å²) in [7, 11) is -1.50. The van der Waals surface area contributed by atoms with E-state index < -0.39 is 7.64 Å². The molecule has 5 heteroatoms. The van der Waals surface area contributed by atoms with E-state index in [-0.39, 0.29) is 12.4 Å². The van der Waals surface area contributed by atoms with Gasteiger partial charge >= 0.3 is 7.64 Å². The summed E-state index contributed by atoms with van der Waals surface area (Å²) in [4.78, 5) is 0. The summed E-state index contributed by atoms with van der Waals surface area (Å²) in [6, 6.07) is 24.9. The van der Waals surface area contributed by atoms with E-state index in [1.807, 2.05) is 24.3 Å². The standard InChI is InChI=1S/C20H13N3P.ClH/c21-24-22-17-11-9-13-5-1-3-7-15(13)19(17)20-16-8-4-2-6-14(16)10-12-18(20)23-24;/h1-12,21H;1H/q+1;. The molecule has 0 saturated heterocycles. The normalized spacial score (nSPS) is 11.0. The molecule has 0 aliphatic rings. The lowest BCUT2D eigenvalue weighted by atomic mass is 9.98. The number of benzene rings is 4. The van der Waals surface area contributed by atoms with Gasteiger partial charge in [0.25, 0.3) is 0 Å². The zero-order valence-electron chi connectivity index (χ0n) is 13.2. The monoisotopic (exact) mass is 362 g/mol. The predicted molar refractivity (Wildman–Crippen MR) is 109 cm³/mol. The van der Waals surface area contributed by atoms with Crippen LogP contribution < -0.4 is 0 Å². The van der Waals surface area contributed by atoms with Crippen LogP contribution in [0.15, 0.2) is 72.8 Å². The first kappa shape index (κ1) is 15.9. The Morgan fingerprint density at radius 1 is 0.600 bits per heavy atom. The van der Waals surface area contributed by atoms with Crippen LogP contribution in [0, 0.1) is 5.16 Å². The van der Waals surface area contributed by atoms with Gasteiger partial charge in [0.05, 0.1) is 0 Å². The Morgan fingerprint density at radius 3 is 1.52 bits per heavy atom. The van der Waals surface area contributed by atoms with Crippen molar-refractivity contribution in [1.29, 1.82) is 5.16 Å². The quantitative estimate of drug-likeness (QED) is 0.334. The summed E-state index contributed by atoms with van der Waals surface area (Å²) in [5.41, 5.74) is 1.74. The van der Waals surface area contributed by atoms with Crippen molar-refractivity contribution in [3.8, 4) is 0 Å². The van der Waals surface area contributed by atoms with Crippen LogP contribution in [0.1, 0.15) is 0 Å². The van der Waals surface area contributed by atoms with Gasteiger partial charge in [-0.2, -0.15) is 0 Å². The van der Waals surface area contributed by atoms with Crippen LogP contribution >= 0.6 is 20.0 Å². The van der Waals surface area contributed by atoms with E-state index in [1.165, 1.54) is 10.8 Å². The first-order valence-electron chi connectivity index (χ1n) is 7.80. The summed E-state index contributed by atoms with van der Waals surface area (Å²) < 4.78 is 9.15. The molecule has 0 amide bonds. The Bertz CT molecular complexity index is 1230. The Labute approximate surface area is 151 Å². The highest BCUT2D eigenvalue weighted by molar-refractivity contribution is 7.29. The second-order valence-electron chi connectivity index (χ2n) is 5.85. The highest BCUT2D eigenvalue weighted by Gasteiger charge is 2.13. The molecular weight excluding hydrogens is 349 g/mol. The summed E-state index contributed by atoms with van der Waals surface area (Å²) in [5.74, 6) is 0. The third kappa shape index (κ3) is 2.44. The van der Waals surface area contributed by atoms with Gasteiger partial charge in [-0.1, -0.05) is 65.8 Å². The van der Waals surface area contributed by atoms with Gasteiger partial charge in [-0.3, -0.25) is 0 Å². The van der Waals surface area contributed by atoms with Crippen LogP contribution in [0.25, 0.3) is 43.4 Å². The summed E-state index contributed by atoms with van der Waals surface area (Å²) in [6.45, 7) is 0. The zero-order valence-corrected chi connectivity index (χ0v) is 14.9. The third-order valence-corrected chi connectivity index (χ3v) is 5.28. The molecule has 0 atom stereocenters. The number of hydrogen-bond acceptors (Lipinski definition) is 3. The van der Waals surface area contributed by atoms with Gasteiger partial charge in [-0.15, -0.1) is 12.4 Å².